The summed E-state index contributed by atoms with van der Waals surface area (Å²) < 4.78 is 5.55. The van der Waals surface area contributed by atoms with Crippen LogP contribution >= 0.6 is 11.3 Å². The third-order valence-corrected chi connectivity index (χ3v) is 6.36. The summed E-state index contributed by atoms with van der Waals surface area (Å²) in [5.41, 5.74) is 2.12. The molecule has 1 aromatic heterocycles. The van der Waals surface area contributed by atoms with Gasteiger partial charge in [0.05, 0.1) is 11.6 Å². The molecule has 1 N–H and O–H groups in total. The molecule has 0 radical (unpaired) electrons. The van der Waals surface area contributed by atoms with Crippen molar-refractivity contribution in [1.82, 2.24) is 10.2 Å². The first-order valence-electron chi connectivity index (χ1n) is 10.5. The molecule has 1 unspecified atom stereocenters. The van der Waals surface area contributed by atoms with Crippen molar-refractivity contribution in [3.8, 4) is 5.75 Å². The van der Waals surface area contributed by atoms with Crippen LogP contribution in [0.3, 0.4) is 0 Å². The molecular weight excluding hydrogens is 438 g/mol. The van der Waals surface area contributed by atoms with Gasteiger partial charge in [0.25, 0.3) is 5.78 Å². The molecule has 1 amide bonds. The Labute approximate surface area is 195 Å². The molecule has 33 heavy (non-hydrogen) atoms. The van der Waals surface area contributed by atoms with Crippen molar-refractivity contribution >= 4 is 33.9 Å². The zero-order chi connectivity index (χ0) is 23.5. The van der Waals surface area contributed by atoms with Crippen LogP contribution in [0.4, 0.5) is 5.13 Å². The fourth-order valence-electron chi connectivity index (χ4n) is 3.60. The first-order valence-corrected chi connectivity index (χ1v) is 11.3. The Morgan fingerprint density at radius 1 is 1.15 bits per heavy atom. The smallest absolute Gasteiger partial charge is 0.301 e. The summed E-state index contributed by atoms with van der Waals surface area (Å²) in [6.07, 6.45) is 2.30. The Morgan fingerprint density at radius 3 is 2.45 bits per heavy atom. The Bertz CT molecular complexity index is 1230. The van der Waals surface area contributed by atoms with E-state index < -0.39 is 17.7 Å². The van der Waals surface area contributed by atoms with Crippen LogP contribution in [0, 0.1) is 6.92 Å². The molecule has 1 atom stereocenters. The van der Waals surface area contributed by atoms with Gasteiger partial charge >= 0.3 is 5.91 Å². The molecule has 4 rings (SSSR count). The Morgan fingerprint density at radius 2 is 1.85 bits per heavy atom. The summed E-state index contributed by atoms with van der Waals surface area (Å²) in [5, 5.41) is 20.4. The predicted octanol–water partition coefficient (Wildman–Crippen LogP) is 4.60. The zero-order valence-electron chi connectivity index (χ0n) is 18.3. The van der Waals surface area contributed by atoms with Crippen molar-refractivity contribution in [2.24, 2.45) is 0 Å². The first-order chi connectivity index (χ1) is 15.9. The molecular formula is C25H23N3O4S. The van der Waals surface area contributed by atoms with Crippen LogP contribution < -0.4 is 9.64 Å². The van der Waals surface area contributed by atoms with E-state index in [1.165, 1.54) is 16.2 Å². The Kier molecular flexibility index (Phi) is 6.37. The second kappa shape index (κ2) is 9.38. The Balaban J connectivity index is 1.86. The van der Waals surface area contributed by atoms with E-state index in [4.69, 9.17) is 4.74 Å². The van der Waals surface area contributed by atoms with Gasteiger partial charge in [-0.15, -0.1) is 10.2 Å². The molecule has 168 valence electrons. The molecule has 1 aliphatic rings. The summed E-state index contributed by atoms with van der Waals surface area (Å²) in [6, 6.07) is 13.3. The highest BCUT2D eigenvalue weighted by atomic mass is 32.1. The van der Waals surface area contributed by atoms with Crippen LogP contribution in [0.2, 0.25) is 0 Å². The number of Topliss-reactive ketones (excluding diaryl/α,β-unsaturated/α-hetero) is 1. The predicted molar refractivity (Wildman–Crippen MR) is 127 cm³/mol. The molecule has 0 aliphatic carbocycles. The van der Waals surface area contributed by atoms with Crippen molar-refractivity contribution in [2.75, 3.05) is 11.5 Å². The van der Waals surface area contributed by atoms with Gasteiger partial charge in [0, 0.05) is 5.56 Å². The van der Waals surface area contributed by atoms with E-state index in [-0.39, 0.29) is 11.3 Å². The molecule has 0 spiro atoms. The third kappa shape index (κ3) is 4.29. The zero-order valence-corrected chi connectivity index (χ0v) is 19.1. The number of carbonyl (C=O) groups is 2. The maximum atomic E-state index is 13.2. The first kappa shape index (κ1) is 22.4. The number of ketones is 1. The van der Waals surface area contributed by atoms with E-state index in [1.54, 1.807) is 42.5 Å². The highest BCUT2D eigenvalue weighted by Crippen LogP contribution is 2.43. The largest absolute Gasteiger partial charge is 0.507 e. The number of hydrogen-bond donors (Lipinski definition) is 1. The molecule has 7 nitrogen and oxygen atoms in total. The van der Waals surface area contributed by atoms with Gasteiger partial charge in [-0.3, -0.25) is 14.5 Å². The minimum absolute atomic E-state index is 0.0110. The number of carbonyl (C=O) groups excluding carboxylic acids is 2. The number of hydrogen-bond acceptors (Lipinski definition) is 7. The lowest BCUT2D eigenvalue weighted by Crippen LogP contribution is -2.29. The molecule has 8 heteroatoms. The monoisotopic (exact) mass is 461 g/mol. The minimum Gasteiger partial charge on any atom is -0.507 e. The normalized spacial score (nSPS) is 17.4. The number of benzene rings is 2. The van der Waals surface area contributed by atoms with Crippen molar-refractivity contribution in [1.29, 1.82) is 0 Å². The van der Waals surface area contributed by atoms with Gasteiger partial charge in [0.15, 0.2) is 0 Å². The van der Waals surface area contributed by atoms with E-state index in [1.807, 2.05) is 26.0 Å². The van der Waals surface area contributed by atoms with Gasteiger partial charge in [0.1, 0.15) is 23.1 Å². The van der Waals surface area contributed by atoms with E-state index in [2.05, 4.69) is 16.8 Å². The second-order valence-corrected chi connectivity index (χ2v) is 8.58. The molecule has 1 fully saturated rings. The number of amides is 1. The van der Waals surface area contributed by atoms with Crippen molar-refractivity contribution in [3.63, 3.8) is 0 Å². The average Bonchev–Trinajstić information content (AvgIpc) is 3.40. The fraction of sp³-hybridized carbons (Fsp3) is 0.200. The lowest BCUT2D eigenvalue weighted by molar-refractivity contribution is -0.132. The number of aryl methyl sites for hydroxylation is 2. The number of aromatic nitrogens is 2. The van der Waals surface area contributed by atoms with Gasteiger partial charge in [-0.25, -0.2) is 0 Å². The number of ether oxygens (including phenoxy) is 1. The van der Waals surface area contributed by atoms with Crippen molar-refractivity contribution < 1.29 is 19.4 Å². The van der Waals surface area contributed by atoms with Crippen molar-refractivity contribution in [2.45, 2.75) is 26.3 Å². The molecule has 1 saturated heterocycles. The van der Waals surface area contributed by atoms with Gasteiger partial charge < -0.3 is 9.84 Å². The Hall–Kier alpha value is -3.78. The van der Waals surface area contributed by atoms with Crippen LogP contribution in [0.15, 0.2) is 66.8 Å². The summed E-state index contributed by atoms with van der Waals surface area (Å²) in [4.78, 5) is 27.6. The molecule has 0 saturated carbocycles. The maximum absolute atomic E-state index is 13.2. The highest BCUT2D eigenvalue weighted by molar-refractivity contribution is 7.15. The summed E-state index contributed by atoms with van der Waals surface area (Å²) in [7, 11) is 0. The SMILES string of the molecule is C=CCOc1ccc(C2/C(=C(\O)c3ccc(C)cc3)C(=O)C(=O)N2c2nnc(CC)s2)cc1. The summed E-state index contributed by atoms with van der Waals surface area (Å²) in [6.45, 7) is 7.86. The van der Waals surface area contributed by atoms with E-state index in [9.17, 15) is 14.7 Å². The van der Waals surface area contributed by atoms with Crippen LogP contribution in [-0.4, -0.2) is 33.6 Å². The van der Waals surface area contributed by atoms with Gasteiger partial charge in [-0.2, -0.15) is 0 Å². The summed E-state index contributed by atoms with van der Waals surface area (Å²) >= 11 is 1.25. The molecule has 0 bridgehead atoms. The van der Waals surface area contributed by atoms with Crippen LogP contribution in [-0.2, 0) is 16.0 Å². The van der Waals surface area contributed by atoms with Gasteiger partial charge in [0.2, 0.25) is 5.13 Å². The van der Waals surface area contributed by atoms with E-state index in [0.29, 0.717) is 35.0 Å². The molecule has 1 aliphatic heterocycles. The lowest BCUT2D eigenvalue weighted by Gasteiger charge is -2.22. The molecule has 2 aromatic carbocycles. The fourth-order valence-corrected chi connectivity index (χ4v) is 4.40. The van der Waals surface area contributed by atoms with Gasteiger partial charge in [-0.1, -0.05) is 72.9 Å². The standard InChI is InChI=1S/C25H23N3O4S/c1-4-14-32-18-12-10-16(11-13-18)21-20(22(29)17-8-6-15(3)7-9-17)23(30)24(31)28(21)25-27-26-19(5-2)33-25/h4,6-13,21,29H,1,5,14H2,2-3H3/b22-20+. The number of aliphatic hydroxyl groups is 1. The van der Waals surface area contributed by atoms with Crippen molar-refractivity contribution in [3.05, 3.63) is 88.5 Å². The lowest BCUT2D eigenvalue weighted by atomic mass is 9.95. The van der Waals surface area contributed by atoms with E-state index >= 15 is 0 Å². The quantitative estimate of drug-likeness (QED) is 0.239. The number of aliphatic hydroxyl groups excluding tert-OH is 1. The third-order valence-electron chi connectivity index (χ3n) is 5.30. The highest BCUT2D eigenvalue weighted by Gasteiger charge is 2.48. The second-order valence-electron chi connectivity index (χ2n) is 7.54. The van der Waals surface area contributed by atoms with Gasteiger partial charge in [-0.05, 0) is 31.0 Å². The van der Waals surface area contributed by atoms with Crippen LogP contribution in [0.25, 0.3) is 5.76 Å². The van der Waals surface area contributed by atoms with Crippen LogP contribution in [0.1, 0.15) is 34.7 Å². The average molecular weight is 462 g/mol. The molecule has 3 aromatic rings. The number of rotatable bonds is 7. The topological polar surface area (TPSA) is 92.6 Å². The maximum Gasteiger partial charge on any atom is 0.301 e. The summed E-state index contributed by atoms with van der Waals surface area (Å²) in [5.74, 6) is -1.12. The number of nitrogens with zero attached hydrogens (tertiary/aromatic N) is 3. The van der Waals surface area contributed by atoms with Crippen LogP contribution in [0.5, 0.6) is 5.75 Å². The molecule has 2 heterocycles. The van der Waals surface area contributed by atoms with E-state index in [0.717, 1.165) is 10.6 Å². The number of anilines is 1. The minimum atomic E-state index is -0.850.